The van der Waals surface area contributed by atoms with Crippen LogP contribution in [0.4, 0.5) is 0 Å². The first-order valence-electron chi connectivity index (χ1n) is 4.63. The molecule has 15 heavy (non-hydrogen) atoms. The van der Waals surface area contributed by atoms with E-state index in [0.29, 0.717) is 6.54 Å². The minimum absolute atomic E-state index is 0.00533. The summed E-state index contributed by atoms with van der Waals surface area (Å²) in [5.74, 6) is 0. The van der Waals surface area contributed by atoms with Crippen LogP contribution < -0.4 is 5.69 Å². The van der Waals surface area contributed by atoms with Crippen molar-refractivity contribution in [1.29, 1.82) is 0 Å². The minimum Gasteiger partial charge on any atom is -0.302 e. The topological polar surface area (TPSA) is 26.9 Å². The van der Waals surface area contributed by atoms with Crippen LogP contribution in [-0.2, 0) is 13.6 Å². The first kappa shape index (κ1) is 10.2. The highest BCUT2D eigenvalue weighted by Crippen LogP contribution is 2.16. The molecule has 0 amide bonds. The molecule has 0 aliphatic heterocycles. The Morgan fingerprint density at radius 1 is 1.27 bits per heavy atom. The van der Waals surface area contributed by atoms with E-state index >= 15 is 0 Å². The highest BCUT2D eigenvalue weighted by molar-refractivity contribution is 9.10. The van der Waals surface area contributed by atoms with Crippen LogP contribution in [0.2, 0.25) is 0 Å². The number of hydrogen-bond donors (Lipinski definition) is 0. The second-order valence-corrected chi connectivity index (χ2v) is 4.27. The van der Waals surface area contributed by atoms with Crippen LogP contribution in [0, 0.1) is 0 Å². The number of rotatable bonds is 2. The van der Waals surface area contributed by atoms with E-state index in [4.69, 9.17) is 0 Å². The van der Waals surface area contributed by atoms with Gasteiger partial charge in [0.15, 0.2) is 0 Å². The Balaban J connectivity index is 2.34. The molecule has 0 atom stereocenters. The summed E-state index contributed by atoms with van der Waals surface area (Å²) < 4.78 is 4.28. The number of halogens is 1. The molecule has 0 aliphatic carbocycles. The average Bonchev–Trinajstić information content (AvgIpc) is 2.53. The Morgan fingerprint density at radius 3 is 2.60 bits per heavy atom. The first-order valence-corrected chi connectivity index (χ1v) is 5.43. The Hall–Kier alpha value is -1.29. The summed E-state index contributed by atoms with van der Waals surface area (Å²) in [5, 5.41) is 0. The summed E-state index contributed by atoms with van der Waals surface area (Å²) in [7, 11) is 1.75. The van der Waals surface area contributed by atoms with Gasteiger partial charge in [-0.2, -0.15) is 0 Å². The molecule has 1 heterocycles. The van der Waals surface area contributed by atoms with Crippen LogP contribution in [-0.4, -0.2) is 9.13 Å². The Labute approximate surface area is 96.1 Å². The molecule has 4 heteroatoms. The molecule has 0 fully saturated rings. The maximum atomic E-state index is 11.6. The van der Waals surface area contributed by atoms with Gasteiger partial charge in [-0.3, -0.25) is 4.57 Å². The summed E-state index contributed by atoms with van der Waals surface area (Å²) in [6.07, 6.45) is 3.56. The molecule has 2 rings (SSSR count). The van der Waals surface area contributed by atoms with Gasteiger partial charge in [-0.15, -0.1) is 0 Å². The highest BCUT2D eigenvalue weighted by Gasteiger charge is 2.03. The van der Waals surface area contributed by atoms with Gasteiger partial charge in [0.25, 0.3) is 0 Å². The molecule has 78 valence electrons. The second-order valence-electron chi connectivity index (χ2n) is 3.41. The van der Waals surface area contributed by atoms with Crippen LogP contribution in [0.15, 0.2) is 45.9 Å². The molecule has 2 aromatic rings. The lowest BCUT2D eigenvalue weighted by molar-refractivity contribution is 0.716. The maximum Gasteiger partial charge on any atom is 0.328 e. The zero-order valence-electron chi connectivity index (χ0n) is 8.35. The fourth-order valence-corrected chi connectivity index (χ4v) is 1.85. The van der Waals surface area contributed by atoms with Gasteiger partial charge in [0.2, 0.25) is 0 Å². The van der Waals surface area contributed by atoms with Gasteiger partial charge < -0.3 is 4.57 Å². The standard InChI is InChI=1S/C11H11BrN2O/c1-13-6-7-14(11(13)15)8-9-4-2-3-5-10(9)12/h2-7H,8H2,1H3. The van der Waals surface area contributed by atoms with Crippen molar-refractivity contribution in [2.45, 2.75) is 6.54 Å². The fraction of sp³-hybridized carbons (Fsp3) is 0.182. The number of hydrogen-bond acceptors (Lipinski definition) is 1. The molecule has 1 aromatic carbocycles. The van der Waals surface area contributed by atoms with Crippen LogP contribution in [0.25, 0.3) is 0 Å². The van der Waals surface area contributed by atoms with Gasteiger partial charge in [-0.25, -0.2) is 4.79 Å². The number of nitrogens with zero attached hydrogens (tertiary/aromatic N) is 2. The van der Waals surface area contributed by atoms with E-state index in [2.05, 4.69) is 15.9 Å². The molecular weight excluding hydrogens is 256 g/mol. The monoisotopic (exact) mass is 266 g/mol. The summed E-state index contributed by atoms with van der Waals surface area (Å²) in [6, 6.07) is 7.91. The zero-order valence-corrected chi connectivity index (χ0v) is 9.94. The van der Waals surface area contributed by atoms with Gasteiger partial charge in [0.1, 0.15) is 0 Å². The summed E-state index contributed by atoms with van der Waals surface area (Å²) in [5.41, 5.74) is 1.11. The molecule has 0 unspecified atom stereocenters. The van der Waals surface area contributed by atoms with Crippen molar-refractivity contribution in [3.63, 3.8) is 0 Å². The third-order valence-electron chi connectivity index (χ3n) is 2.32. The molecule has 1 aromatic heterocycles. The Morgan fingerprint density at radius 2 is 2.00 bits per heavy atom. The molecule has 0 aliphatic rings. The van der Waals surface area contributed by atoms with E-state index in [1.807, 2.05) is 24.3 Å². The Bertz CT molecular complexity index is 527. The lowest BCUT2D eigenvalue weighted by Gasteiger charge is -2.03. The van der Waals surface area contributed by atoms with Crippen molar-refractivity contribution in [3.8, 4) is 0 Å². The zero-order chi connectivity index (χ0) is 10.8. The van der Waals surface area contributed by atoms with Crippen molar-refractivity contribution in [2.75, 3.05) is 0 Å². The molecule has 0 N–H and O–H groups in total. The van der Waals surface area contributed by atoms with Crippen molar-refractivity contribution < 1.29 is 0 Å². The predicted molar refractivity (Wildman–Crippen MR) is 62.9 cm³/mol. The van der Waals surface area contributed by atoms with E-state index in [1.54, 1.807) is 28.6 Å². The SMILES string of the molecule is Cn1ccn(Cc2ccccc2Br)c1=O. The molecule has 0 spiro atoms. The minimum atomic E-state index is 0.00533. The summed E-state index contributed by atoms with van der Waals surface area (Å²) >= 11 is 3.46. The van der Waals surface area contributed by atoms with Gasteiger partial charge >= 0.3 is 5.69 Å². The van der Waals surface area contributed by atoms with E-state index < -0.39 is 0 Å². The fourth-order valence-electron chi connectivity index (χ4n) is 1.44. The lowest BCUT2D eigenvalue weighted by Crippen LogP contribution is -2.22. The number of benzene rings is 1. The number of aryl methyl sites for hydroxylation is 1. The number of aromatic nitrogens is 2. The number of imidazole rings is 1. The van der Waals surface area contributed by atoms with Crippen molar-refractivity contribution in [3.05, 3.63) is 57.2 Å². The van der Waals surface area contributed by atoms with Crippen molar-refractivity contribution >= 4 is 15.9 Å². The van der Waals surface area contributed by atoms with E-state index in [-0.39, 0.29) is 5.69 Å². The molecule has 0 radical (unpaired) electrons. The molecule has 3 nitrogen and oxygen atoms in total. The van der Waals surface area contributed by atoms with Gasteiger partial charge in [-0.05, 0) is 11.6 Å². The smallest absolute Gasteiger partial charge is 0.302 e. The quantitative estimate of drug-likeness (QED) is 0.817. The van der Waals surface area contributed by atoms with Crippen LogP contribution >= 0.6 is 15.9 Å². The summed E-state index contributed by atoms with van der Waals surface area (Å²) in [4.78, 5) is 11.6. The summed E-state index contributed by atoms with van der Waals surface area (Å²) in [6.45, 7) is 0.598. The van der Waals surface area contributed by atoms with Crippen LogP contribution in [0.3, 0.4) is 0 Å². The first-order chi connectivity index (χ1) is 7.18. The molecule has 0 saturated heterocycles. The van der Waals surface area contributed by atoms with Gasteiger partial charge in [-0.1, -0.05) is 34.1 Å². The van der Waals surface area contributed by atoms with E-state index in [1.165, 1.54) is 0 Å². The average molecular weight is 267 g/mol. The van der Waals surface area contributed by atoms with Crippen LogP contribution in [0.5, 0.6) is 0 Å². The van der Waals surface area contributed by atoms with Gasteiger partial charge in [0.05, 0.1) is 6.54 Å². The maximum absolute atomic E-state index is 11.6. The molecule has 0 bridgehead atoms. The van der Waals surface area contributed by atoms with E-state index in [9.17, 15) is 4.79 Å². The van der Waals surface area contributed by atoms with Gasteiger partial charge in [0, 0.05) is 23.9 Å². The van der Waals surface area contributed by atoms with Crippen LogP contribution in [0.1, 0.15) is 5.56 Å². The Kier molecular flexibility index (Phi) is 2.77. The van der Waals surface area contributed by atoms with Crippen molar-refractivity contribution in [2.24, 2.45) is 7.05 Å². The third kappa shape index (κ3) is 2.04. The second kappa shape index (κ2) is 4.06. The van der Waals surface area contributed by atoms with E-state index in [0.717, 1.165) is 10.0 Å². The lowest BCUT2D eigenvalue weighted by atomic mass is 10.2. The van der Waals surface area contributed by atoms with Crippen molar-refractivity contribution in [1.82, 2.24) is 9.13 Å². The highest BCUT2D eigenvalue weighted by atomic mass is 79.9. The molecule has 0 saturated carbocycles. The largest absolute Gasteiger partial charge is 0.328 e. The third-order valence-corrected chi connectivity index (χ3v) is 3.09. The normalized spacial score (nSPS) is 10.5. The molecular formula is C11H11BrN2O. The predicted octanol–water partition coefficient (Wildman–Crippen LogP) is 2.00.